The number of esters is 1. The Labute approximate surface area is 107 Å². The summed E-state index contributed by atoms with van der Waals surface area (Å²) in [4.78, 5) is 11.5. The third-order valence-electron chi connectivity index (χ3n) is 3.12. The molecule has 0 spiro atoms. The van der Waals surface area contributed by atoms with Crippen LogP contribution < -0.4 is 5.32 Å². The first-order chi connectivity index (χ1) is 8.62. The molecule has 0 unspecified atom stereocenters. The second-order valence-electron chi connectivity index (χ2n) is 4.24. The molecule has 0 aliphatic carbocycles. The van der Waals surface area contributed by atoms with Gasteiger partial charge in [-0.1, -0.05) is 26.7 Å². The molecule has 0 aliphatic heterocycles. The summed E-state index contributed by atoms with van der Waals surface area (Å²) in [5.41, 5.74) is 0.860. The molecule has 1 aromatic carbocycles. The van der Waals surface area contributed by atoms with E-state index < -0.39 is 5.97 Å². The van der Waals surface area contributed by atoms with Gasteiger partial charge in [0.1, 0.15) is 5.82 Å². The number of ether oxygens (including phenoxy) is 1. The van der Waals surface area contributed by atoms with Crippen molar-refractivity contribution in [3.8, 4) is 0 Å². The molecule has 3 nitrogen and oxygen atoms in total. The highest BCUT2D eigenvalue weighted by Gasteiger charge is 2.13. The number of benzene rings is 1. The molecule has 0 aliphatic rings. The van der Waals surface area contributed by atoms with E-state index in [1.165, 1.54) is 25.3 Å². The summed E-state index contributed by atoms with van der Waals surface area (Å²) in [5.74, 6) is -0.310. The lowest BCUT2D eigenvalue weighted by Crippen LogP contribution is -2.15. The van der Waals surface area contributed by atoms with Crippen molar-refractivity contribution in [3.05, 3.63) is 29.6 Å². The van der Waals surface area contributed by atoms with Crippen LogP contribution >= 0.6 is 0 Å². The molecule has 1 rings (SSSR count). The van der Waals surface area contributed by atoms with Crippen LogP contribution in [0.5, 0.6) is 0 Å². The molecule has 0 fully saturated rings. The van der Waals surface area contributed by atoms with E-state index >= 15 is 0 Å². The molecule has 0 aromatic heterocycles. The fraction of sp³-hybridized carbons (Fsp3) is 0.500. The minimum atomic E-state index is -0.456. The van der Waals surface area contributed by atoms with Gasteiger partial charge in [0.15, 0.2) is 0 Å². The number of carbonyl (C=O) groups is 1. The zero-order valence-electron chi connectivity index (χ0n) is 11.1. The van der Waals surface area contributed by atoms with E-state index in [4.69, 9.17) is 0 Å². The van der Waals surface area contributed by atoms with Crippen molar-refractivity contribution in [2.24, 2.45) is 5.92 Å². The highest BCUT2D eigenvalue weighted by Crippen LogP contribution is 2.19. The van der Waals surface area contributed by atoms with Gasteiger partial charge < -0.3 is 10.1 Å². The number of anilines is 1. The first kappa shape index (κ1) is 14.5. The van der Waals surface area contributed by atoms with E-state index in [1.807, 2.05) is 0 Å². The Hall–Kier alpha value is -1.58. The number of halogens is 1. The van der Waals surface area contributed by atoms with Gasteiger partial charge in [-0.2, -0.15) is 0 Å². The van der Waals surface area contributed by atoms with Crippen LogP contribution in [0.1, 0.15) is 37.0 Å². The van der Waals surface area contributed by atoms with Crippen LogP contribution in [0.3, 0.4) is 0 Å². The standard InChI is InChI=1S/C14H20FNO2/c1-4-10(5-2)9-16-13-8-11(15)6-7-12(13)14(17)18-3/h6-8,10,16H,4-5,9H2,1-3H3. The highest BCUT2D eigenvalue weighted by atomic mass is 19.1. The van der Waals surface area contributed by atoms with Crippen molar-refractivity contribution in [3.63, 3.8) is 0 Å². The summed E-state index contributed by atoms with van der Waals surface area (Å²) in [6, 6.07) is 4.03. The molecule has 0 amide bonds. The predicted octanol–water partition coefficient (Wildman–Crippen LogP) is 3.46. The van der Waals surface area contributed by atoms with Crippen LogP contribution in [0.2, 0.25) is 0 Å². The first-order valence-corrected chi connectivity index (χ1v) is 6.24. The Bertz CT molecular complexity index is 403. The van der Waals surface area contributed by atoms with Crippen molar-refractivity contribution >= 4 is 11.7 Å². The second kappa shape index (κ2) is 6.99. The number of hydrogen-bond acceptors (Lipinski definition) is 3. The summed E-state index contributed by atoms with van der Waals surface area (Å²) in [5, 5.41) is 3.13. The largest absolute Gasteiger partial charge is 0.465 e. The Balaban J connectivity index is 2.85. The monoisotopic (exact) mass is 253 g/mol. The molecule has 0 saturated carbocycles. The van der Waals surface area contributed by atoms with Crippen LogP contribution in [0, 0.1) is 11.7 Å². The van der Waals surface area contributed by atoms with E-state index in [0.717, 1.165) is 19.4 Å². The van der Waals surface area contributed by atoms with Gasteiger partial charge in [-0.25, -0.2) is 9.18 Å². The Kier molecular flexibility index (Phi) is 5.62. The van der Waals surface area contributed by atoms with Gasteiger partial charge in [-0.15, -0.1) is 0 Å². The molecule has 18 heavy (non-hydrogen) atoms. The van der Waals surface area contributed by atoms with Crippen LogP contribution in [0.4, 0.5) is 10.1 Å². The van der Waals surface area contributed by atoms with Gasteiger partial charge in [0.2, 0.25) is 0 Å². The molecule has 4 heteroatoms. The third-order valence-corrected chi connectivity index (χ3v) is 3.12. The van der Waals surface area contributed by atoms with Gasteiger partial charge >= 0.3 is 5.97 Å². The highest BCUT2D eigenvalue weighted by molar-refractivity contribution is 5.95. The fourth-order valence-electron chi connectivity index (χ4n) is 1.78. The maximum atomic E-state index is 13.2. The molecule has 0 atom stereocenters. The average Bonchev–Trinajstić information content (AvgIpc) is 2.39. The molecule has 0 radical (unpaired) electrons. The van der Waals surface area contributed by atoms with Gasteiger partial charge in [0.05, 0.1) is 18.4 Å². The minimum Gasteiger partial charge on any atom is -0.465 e. The molecular weight excluding hydrogens is 233 g/mol. The molecule has 100 valence electrons. The topological polar surface area (TPSA) is 38.3 Å². The third kappa shape index (κ3) is 3.72. The average molecular weight is 253 g/mol. The smallest absolute Gasteiger partial charge is 0.339 e. The Morgan fingerprint density at radius 3 is 2.61 bits per heavy atom. The maximum Gasteiger partial charge on any atom is 0.339 e. The van der Waals surface area contributed by atoms with Crippen LogP contribution in [0.15, 0.2) is 18.2 Å². The zero-order valence-corrected chi connectivity index (χ0v) is 11.1. The fourth-order valence-corrected chi connectivity index (χ4v) is 1.78. The Morgan fingerprint density at radius 1 is 1.39 bits per heavy atom. The molecule has 0 heterocycles. The van der Waals surface area contributed by atoms with Gasteiger partial charge in [0.25, 0.3) is 0 Å². The van der Waals surface area contributed by atoms with Crippen LogP contribution in [-0.2, 0) is 4.74 Å². The number of rotatable bonds is 6. The van der Waals surface area contributed by atoms with Crippen molar-refractivity contribution in [2.45, 2.75) is 26.7 Å². The van der Waals surface area contributed by atoms with E-state index in [-0.39, 0.29) is 5.82 Å². The molecule has 1 aromatic rings. The number of carbonyl (C=O) groups excluding carboxylic acids is 1. The van der Waals surface area contributed by atoms with Gasteiger partial charge in [0, 0.05) is 6.54 Å². The van der Waals surface area contributed by atoms with Crippen molar-refractivity contribution in [2.75, 3.05) is 19.0 Å². The molecule has 0 bridgehead atoms. The van der Waals surface area contributed by atoms with E-state index in [9.17, 15) is 9.18 Å². The molecule has 0 saturated heterocycles. The molecular formula is C14H20FNO2. The van der Waals surface area contributed by atoms with Crippen molar-refractivity contribution in [1.29, 1.82) is 0 Å². The normalized spacial score (nSPS) is 10.5. The van der Waals surface area contributed by atoms with E-state index in [1.54, 1.807) is 0 Å². The van der Waals surface area contributed by atoms with Crippen molar-refractivity contribution in [1.82, 2.24) is 0 Å². The maximum absolute atomic E-state index is 13.2. The minimum absolute atomic E-state index is 0.366. The predicted molar refractivity (Wildman–Crippen MR) is 70.3 cm³/mol. The van der Waals surface area contributed by atoms with Crippen LogP contribution in [-0.4, -0.2) is 19.6 Å². The lowest BCUT2D eigenvalue weighted by molar-refractivity contribution is 0.0602. The zero-order chi connectivity index (χ0) is 13.5. The Morgan fingerprint density at radius 2 is 2.06 bits per heavy atom. The lowest BCUT2D eigenvalue weighted by Gasteiger charge is -2.16. The SMILES string of the molecule is CCC(CC)CNc1cc(F)ccc1C(=O)OC. The summed E-state index contributed by atoms with van der Waals surface area (Å²) < 4.78 is 17.9. The van der Waals surface area contributed by atoms with Gasteiger partial charge in [-0.05, 0) is 24.1 Å². The quantitative estimate of drug-likeness (QED) is 0.789. The number of hydrogen-bond donors (Lipinski definition) is 1. The summed E-state index contributed by atoms with van der Waals surface area (Å²) in [6.07, 6.45) is 2.10. The summed E-state index contributed by atoms with van der Waals surface area (Å²) >= 11 is 0. The molecule has 1 N–H and O–H groups in total. The summed E-state index contributed by atoms with van der Waals surface area (Å²) in [6.45, 7) is 4.95. The van der Waals surface area contributed by atoms with E-state index in [0.29, 0.717) is 17.2 Å². The number of methoxy groups -OCH3 is 1. The first-order valence-electron chi connectivity index (χ1n) is 6.24. The second-order valence-corrected chi connectivity index (χ2v) is 4.24. The van der Waals surface area contributed by atoms with E-state index in [2.05, 4.69) is 23.9 Å². The van der Waals surface area contributed by atoms with Gasteiger partial charge in [-0.3, -0.25) is 0 Å². The van der Waals surface area contributed by atoms with Crippen molar-refractivity contribution < 1.29 is 13.9 Å². The van der Waals surface area contributed by atoms with Crippen LogP contribution in [0.25, 0.3) is 0 Å². The number of nitrogens with one attached hydrogen (secondary N) is 1. The lowest BCUT2D eigenvalue weighted by atomic mass is 10.0. The summed E-state index contributed by atoms with van der Waals surface area (Å²) in [7, 11) is 1.32.